The van der Waals surface area contributed by atoms with Gasteiger partial charge in [0.15, 0.2) is 0 Å². The van der Waals surface area contributed by atoms with E-state index in [1.54, 1.807) is 0 Å². The molecular formula is C13H27BrO5. The van der Waals surface area contributed by atoms with Crippen LogP contribution in [0, 0.1) is 0 Å². The maximum atomic E-state index is 9.56. The summed E-state index contributed by atoms with van der Waals surface area (Å²) in [7, 11) is 0. The number of halogens is 1. The van der Waals surface area contributed by atoms with E-state index in [0.717, 1.165) is 11.8 Å². The van der Waals surface area contributed by atoms with Crippen LogP contribution in [0.4, 0.5) is 0 Å². The third-order valence-corrected chi connectivity index (χ3v) is 2.96. The normalized spacial score (nSPS) is 12.8. The first-order valence-corrected chi connectivity index (χ1v) is 8.01. The van der Waals surface area contributed by atoms with Crippen molar-refractivity contribution in [2.45, 2.75) is 31.8 Å². The van der Waals surface area contributed by atoms with Gasteiger partial charge in [-0.05, 0) is 12.8 Å². The zero-order valence-electron chi connectivity index (χ0n) is 11.6. The van der Waals surface area contributed by atoms with Gasteiger partial charge in [-0.2, -0.15) is 0 Å². The Kier molecular flexibility index (Phi) is 16.6. The van der Waals surface area contributed by atoms with Crippen LogP contribution in [0.1, 0.15) is 25.7 Å². The summed E-state index contributed by atoms with van der Waals surface area (Å²) in [6, 6.07) is 0. The SMILES string of the molecule is OCCOCCOCC(O)COCCCCCCBr. The zero-order chi connectivity index (χ0) is 14.2. The summed E-state index contributed by atoms with van der Waals surface area (Å²) in [5, 5.41) is 19.1. The van der Waals surface area contributed by atoms with E-state index in [1.165, 1.54) is 19.3 Å². The molecule has 2 N–H and O–H groups in total. The Balaban J connectivity index is 3.10. The molecule has 116 valence electrons. The highest BCUT2D eigenvalue weighted by Gasteiger charge is 2.04. The van der Waals surface area contributed by atoms with Crippen LogP contribution in [0.3, 0.4) is 0 Å². The molecule has 6 heteroatoms. The van der Waals surface area contributed by atoms with E-state index in [0.29, 0.717) is 33.0 Å². The highest BCUT2D eigenvalue weighted by Crippen LogP contribution is 2.02. The fraction of sp³-hybridized carbons (Fsp3) is 1.00. The predicted molar refractivity (Wildman–Crippen MR) is 77.8 cm³/mol. The average Bonchev–Trinajstić information content (AvgIpc) is 2.41. The van der Waals surface area contributed by atoms with Crippen LogP contribution < -0.4 is 0 Å². The van der Waals surface area contributed by atoms with Gasteiger partial charge >= 0.3 is 0 Å². The maximum absolute atomic E-state index is 9.56. The van der Waals surface area contributed by atoms with Crippen LogP contribution in [0.15, 0.2) is 0 Å². The average molecular weight is 343 g/mol. The minimum absolute atomic E-state index is 0.0199. The van der Waals surface area contributed by atoms with Crippen molar-refractivity contribution in [3.05, 3.63) is 0 Å². The molecule has 0 radical (unpaired) electrons. The minimum atomic E-state index is -0.583. The highest BCUT2D eigenvalue weighted by molar-refractivity contribution is 9.09. The Morgan fingerprint density at radius 1 is 0.789 bits per heavy atom. The first kappa shape index (κ1) is 19.3. The van der Waals surface area contributed by atoms with E-state index in [2.05, 4.69) is 15.9 Å². The van der Waals surface area contributed by atoms with Gasteiger partial charge in [0.05, 0.1) is 39.6 Å². The number of rotatable bonds is 15. The van der Waals surface area contributed by atoms with Gasteiger partial charge in [-0.25, -0.2) is 0 Å². The van der Waals surface area contributed by atoms with E-state index < -0.39 is 6.10 Å². The standard InChI is InChI=1S/C13H27BrO5/c14-5-3-1-2-4-7-18-11-13(16)12-19-10-9-17-8-6-15/h13,15-16H,1-12H2. The fourth-order valence-electron chi connectivity index (χ4n) is 1.42. The number of hydrogen-bond acceptors (Lipinski definition) is 5. The lowest BCUT2D eigenvalue weighted by Crippen LogP contribution is -2.23. The summed E-state index contributed by atoms with van der Waals surface area (Å²) in [4.78, 5) is 0. The van der Waals surface area contributed by atoms with Crippen LogP contribution in [-0.4, -0.2) is 67.9 Å². The van der Waals surface area contributed by atoms with E-state index in [-0.39, 0.29) is 13.2 Å². The Morgan fingerprint density at radius 2 is 1.42 bits per heavy atom. The van der Waals surface area contributed by atoms with Crippen molar-refractivity contribution in [2.75, 3.05) is 51.6 Å². The molecule has 1 unspecified atom stereocenters. The number of aliphatic hydroxyl groups excluding tert-OH is 2. The maximum Gasteiger partial charge on any atom is 0.101 e. The Labute approximate surface area is 124 Å². The van der Waals surface area contributed by atoms with Crippen LogP contribution in [0.2, 0.25) is 0 Å². The van der Waals surface area contributed by atoms with Crippen molar-refractivity contribution >= 4 is 15.9 Å². The molecule has 0 fully saturated rings. The van der Waals surface area contributed by atoms with Crippen LogP contribution in [0.25, 0.3) is 0 Å². The van der Waals surface area contributed by atoms with Crippen molar-refractivity contribution in [1.82, 2.24) is 0 Å². The van der Waals surface area contributed by atoms with Crippen LogP contribution in [0.5, 0.6) is 0 Å². The van der Waals surface area contributed by atoms with Gasteiger partial charge in [0, 0.05) is 11.9 Å². The number of alkyl halides is 1. The molecule has 0 amide bonds. The molecule has 5 nitrogen and oxygen atoms in total. The Hall–Kier alpha value is 0.280. The van der Waals surface area contributed by atoms with Gasteiger partial charge in [0.1, 0.15) is 6.10 Å². The lowest BCUT2D eigenvalue weighted by atomic mass is 10.2. The van der Waals surface area contributed by atoms with Crippen molar-refractivity contribution in [2.24, 2.45) is 0 Å². The second kappa shape index (κ2) is 16.3. The van der Waals surface area contributed by atoms with Gasteiger partial charge in [0.2, 0.25) is 0 Å². The molecule has 0 spiro atoms. The molecule has 1 atom stereocenters. The molecule has 0 aromatic rings. The molecule has 0 aromatic heterocycles. The monoisotopic (exact) mass is 342 g/mol. The molecule has 0 rings (SSSR count). The summed E-state index contributed by atoms with van der Waals surface area (Å²) < 4.78 is 15.6. The molecule has 0 aromatic carbocycles. The molecule has 0 bridgehead atoms. The molecule has 0 aliphatic heterocycles. The molecule has 0 saturated carbocycles. The number of aliphatic hydroxyl groups is 2. The number of unbranched alkanes of at least 4 members (excludes halogenated alkanes) is 3. The molecule has 0 aliphatic carbocycles. The molecule has 0 aliphatic rings. The first-order valence-electron chi connectivity index (χ1n) is 6.89. The van der Waals surface area contributed by atoms with Crippen LogP contribution >= 0.6 is 15.9 Å². The summed E-state index contributed by atoms with van der Waals surface area (Å²) in [5.74, 6) is 0. The molecular weight excluding hydrogens is 316 g/mol. The van der Waals surface area contributed by atoms with Crippen molar-refractivity contribution in [1.29, 1.82) is 0 Å². The Bertz CT molecular complexity index is 171. The van der Waals surface area contributed by atoms with Gasteiger partial charge in [0.25, 0.3) is 0 Å². The molecule has 19 heavy (non-hydrogen) atoms. The lowest BCUT2D eigenvalue weighted by Gasteiger charge is -2.12. The summed E-state index contributed by atoms with van der Waals surface area (Å²) in [6.45, 7) is 2.46. The predicted octanol–water partition coefficient (Wildman–Crippen LogP) is 1.34. The summed E-state index contributed by atoms with van der Waals surface area (Å²) in [5.41, 5.74) is 0. The van der Waals surface area contributed by atoms with Gasteiger partial charge in [-0.1, -0.05) is 28.8 Å². The largest absolute Gasteiger partial charge is 0.394 e. The fourth-order valence-corrected chi connectivity index (χ4v) is 1.82. The third-order valence-electron chi connectivity index (χ3n) is 2.40. The quantitative estimate of drug-likeness (QED) is 0.347. The molecule has 0 heterocycles. The van der Waals surface area contributed by atoms with Crippen molar-refractivity contribution < 1.29 is 24.4 Å². The third kappa shape index (κ3) is 16.2. The van der Waals surface area contributed by atoms with Gasteiger partial charge in [-0.3, -0.25) is 0 Å². The van der Waals surface area contributed by atoms with E-state index in [4.69, 9.17) is 19.3 Å². The summed E-state index contributed by atoms with van der Waals surface area (Å²) >= 11 is 3.40. The lowest BCUT2D eigenvalue weighted by molar-refractivity contribution is -0.0344. The number of hydrogen-bond donors (Lipinski definition) is 2. The minimum Gasteiger partial charge on any atom is -0.394 e. The van der Waals surface area contributed by atoms with E-state index >= 15 is 0 Å². The van der Waals surface area contributed by atoms with E-state index in [9.17, 15) is 5.11 Å². The van der Waals surface area contributed by atoms with Crippen LogP contribution in [-0.2, 0) is 14.2 Å². The highest BCUT2D eigenvalue weighted by atomic mass is 79.9. The zero-order valence-corrected chi connectivity index (χ0v) is 13.1. The van der Waals surface area contributed by atoms with Gasteiger partial charge in [-0.15, -0.1) is 0 Å². The second-order valence-electron chi connectivity index (χ2n) is 4.24. The topological polar surface area (TPSA) is 68.2 Å². The smallest absolute Gasteiger partial charge is 0.101 e. The van der Waals surface area contributed by atoms with Gasteiger partial charge < -0.3 is 24.4 Å². The Morgan fingerprint density at radius 3 is 2.11 bits per heavy atom. The molecule has 0 saturated heterocycles. The summed E-state index contributed by atoms with van der Waals surface area (Å²) in [6.07, 6.45) is 4.04. The first-order chi connectivity index (χ1) is 9.31. The number of ether oxygens (including phenoxy) is 3. The van der Waals surface area contributed by atoms with E-state index in [1.807, 2.05) is 0 Å². The van der Waals surface area contributed by atoms with Crippen molar-refractivity contribution in [3.8, 4) is 0 Å². The van der Waals surface area contributed by atoms with Crippen molar-refractivity contribution in [3.63, 3.8) is 0 Å². The second-order valence-corrected chi connectivity index (χ2v) is 5.04.